The van der Waals surface area contributed by atoms with E-state index in [9.17, 15) is 4.79 Å². The maximum Gasteiger partial charge on any atom is 0.275 e. The van der Waals surface area contributed by atoms with Gasteiger partial charge in [0.15, 0.2) is 5.13 Å². The lowest BCUT2D eigenvalue weighted by molar-refractivity contribution is 0.102. The summed E-state index contributed by atoms with van der Waals surface area (Å²) < 4.78 is 0. The van der Waals surface area contributed by atoms with Crippen LogP contribution in [0.15, 0.2) is 29.6 Å². The van der Waals surface area contributed by atoms with E-state index in [2.05, 4.69) is 15.2 Å². The first-order chi connectivity index (χ1) is 9.04. The number of rotatable bonds is 4. The van der Waals surface area contributed by atoms with Gasteiger partial charge in [-0.25, -0.2) is 4.98 Å². The molecule has 2 aromatic rings. The van der Waals surface area contributed by atoms with Gasteiger partial charge in [0.2, 0.25) is 0 Å². The number of carbonyl (C=O) groups excluding carboxylic acids is 1. The zero-order valence-corrected chi connectivity index (χ0v) is 11.7. The summed E-state index contributed by atoms with van der Waals surface area (Å²) in [5.74, 6) is -0.241. The van der Waals surface area contributed by atoms with Crippen molar-refractivity contribution in [1.29, 1.82) is 0 Å². The topological polar surface area (TPSA) is 71.2 Å². The van der Waals surface area contributed by atoms with Crippen LogP contribution in [-0.2, 0) is 6.54 Å². The van der Waals surface area contributed by atoms with Gasteiger partial charge in [0.1, 0.15) is 5.69 Å². The molecule has 0 spiro atoms. The fourth-order valence-corrected chi connectivity index (χ4v) is 2.24. The van der Waals surface area contributed by atoms with E-state index in [-0.39, 0.29) is 5.91 Å². The molecular weight excluding hydrogens is 260 g/mol. The van der Waals surface area contributed by atoms with Gasteiger partial charge in [0.05, 0.1) is 0 Å². The van der Waals surface area contributed by atoms with Crippen LogP contribution in [0.4, 0.5) is 10.8 Å². The van der Waals surface area contributed by atoms with Gasteiger partial charge in [0.25, 0.3) is 5.91 Å². The largest absolute Gasteiger partial charge is 0.375 e. The van der Waals surface area contributed by atoms with Crippen molar-refractivity contribution in [2.24, 2.45) is 0 Å². The van der Waals surface area contributed by atoms with E-state index in [1.807, 2.05) is 38.4 Å². The summed E-state index contributed by atoms with van der Waals surface area (Å²) in [6, 6.07) is 7.75. The lowest BCUT2D eigenvalue weighted by Crippen LogP contribution is -2.14. The number of benzene rings is 1. The minimum Gasteiger partial charge on any atom is -0.375 e. The summed E-state index contributed by atoms with van der Waals surface area (Å²) >= 11 is 1.25. The van der Waals surface area contributed by atoms with Gasteiger partial charge in [0, 0.05) is 17.6 Å². The number of carbonyl (C=O) groups is 1. The van der Waals surface area contributed by atoms with Crippen molar-refractivity contribution in [3.8, 4) is 0 Å². The third-order valence-electron chi connectivity index (χ3n) is 2.44. The molecule has 2 rings (SSSR count). The van der Waals surface area contributed by atoms with Crippen molar-refractivity contribution in [3.63, 3.8) is 0 Å². The molecule has 5 nitrogen and oxygen atoms in total. The van der Waals surface area contributed by atoms with Gasteiger partial charge in [-0.2, -0.15) is 0 Å². The molecule has 3 N–H and O–H groups in total. The van der Waals surface area contributed by atoms with Crippen LogP contribution in [0.2, 0.25) is 0 Å². The summed E-state index contributed by atoms with van der Waals surface area (Å²) in [5.41, 5.74) is 7.76. The van der Waals surface area contributed by atoms with E-state index < -0.39 is 0 Å². The maximum atomic E-state index is 11.9. The van der Waals surface area contributed by atoms with Crippen LogP contribution >= 0.6 is 11.3 Å². The first kappa shape index (κ1) is 13.5. The summed E-state index contributed by atoms with van der Waals surface area (Å²) in [4.78, 5) is 18.0. The van der Waals surface area contributed by atoms with Gasteiger partial charge >= 0.3 is 0 Å². The van der Waals surface area contributed by atoms with Crippen LogP contribution in [-0.4, -0.2) is 29.9 Å². The molecule has 19 heavy (non-hydrogen) atoms. The standard InChI is InChI=1S/C13H16N4OS/c1-17(2)7-9-4-3-5-10(6-9)15-12(18)11-8-19-13(14)16-11/h3-6,8H,7H2,1-2H3,(H2,14,16)(H,15,18). The Morgan fingerprint density at radius 3 is 2.89 bits per heavy atom. The quantitative estimate of drug-likeness (QED) is 0.896. The highest BCUT2D eigenvalue weighted by Gasteiger charge is 2.10. The zero-order valence-electron chi connectivity index (χ0n) is 10.9. The number of nitrogens with one attached hydrogen (secondary N) is 1. The molecule has 1 aromatic carbocycles. The van der Waals surface area contributed by atoms with E-state index in [1.165, 1.54) is 11.3 Å². The van der Waals surface area contributed by atoms with Gasteiger partial charge < -0.3 is 16.0 Å². The van der Waals surface area contributed by atoms with Crippen LogP contribution < -0.4 is 11.1 Å². The van der Waals surface area contributed by atoms with Gasteiger partial charge in [-0.15, -0.1) is 11.3 Å². The van der Waals surface area contributed by atoms with E-state index in [4.69, 9.17) is 5.73 Å². The number of anilines is 2. The Morgan fingerprint density at radius 1 is 1.47 bits per heavy atom. The van der Waals surface area contributed by atoms with Gasteiger partial charge in [-0.05, 0) is 31.8 Å². The van der Waals surface area contributed by atoms with Crippen molar-refractivity contribution in [2.75, 3.05) is 25.1 Å². The van der Waals surface area contributed by atoms with Crippen LogP contribution in [0.5, 0.6) is 0 Å². The Hall–Kier alpha value is -1.92. The Bertz CT molecular complexity index is 580. The lowest BCUT2D eigenvalue weighted by Gasteiger charge is -2.11. The fourth-order valence-electron chi connectivity index (χ4n) is 1.70. The number of nitrogen functional groups attached to an aromatic ring is 1. The molecule has 1 heterocycles. The molecule has 0 saturated heterocycles. The van der Waals surface area contributed by atoms with Crippen LogP contribution in [0.1, 0.15) is 16.1 Å². The molecule has 6 heteroatoms. The molecule has 0 bridgehead atoms. The normalized spacial score (nSPS) is 10.7. The Balaban J connectivity index is 2.08. The van der Waals surface area contributed by atoms with E-state index in [0.717, 1.165) is 17.8 Å². The van der Waals surface area contributed by atoms with Crippen LogP contribution in [0, 0.1) is 0 Å². The number of nitrogens with two attached hydrogens (primary N) is 1. The predicted octanol–water partition coefficient (Wildman–Crippen LogP) is 2.04. The van der Waals surface area contributed by atoms with Crippen molar-refractivity contribution in [3.05, 3.63) is 40.9 Å². The first-order valence-corrected chi connectivity index (χ1v) is 6.68. The summed E-state index contributed by atoms with van der Waals surface area (Å²) in [7, 11) is 4.01. The maximum absolute atomic E-state index is 11.9. The first-order valence-electron chi connectivity index (χ1n) is 5.80. The molecule has 0 aliphatic carbocycles. The summed E-state index contributed by atoms with van der Waals surface area (Å²) in [5, 5.41) is 4.86. The molecule has 100 valence electrons. The molecule has 0 fully saturated rings. The zero-order chi connectivity index (χ0) is 13.8. The molecule has 0 radical (unpaired) electrons. The molecule has 1 aromatic heterocycles. The second-order valence-electron chi connectivity index (χ2n) is 4.46. The Morgan fingerprint density at radius 2 is 2.26 bits per heavy atom. The van der Waals surface area contributed by atoms with Crippen molar-refractivity contribution < 1.29 is 4.79 Å². The molecule has 0 aliphatic rings. The molecule has 1 amide bonds. The molecule has 0 aliphatic heterocycles. The van der Waals surface area contributed by atoms with Gasteiger partial charge in [-0.1, -0.05) is 12.1 Å². The smallest absolute Gasteiger partial charge is 0.275 e. The highest BCUT2D eigenvalue weighted by Crippen LogP contribution is 2.15. The van der Waals surface area contributed by atoms with Crippen molar-refractivity contribution >= 4 is 28.1 Å². The molecular formula is C13H16N4OS. The Kier molecular flexibility index (Phi) is 4.13. The van der Waals surface area contributed by atoms with Crippen molar-refractivity contribution in [1.82, 2.24) is 9.88 Å². The average Bonchev–Trinajstić information content (AvgIpc) is 2.75. The Labute approximate surface area is 116 Å². The number of hydrogen-bond donors (Lipinski definition) is 2. The minimum absolute atomic E-state index is 0.241. The number of thiazole rings is 1. The number of hydrogen-bond acceptors (Lipinski definition) is 5. The number of aromatic nitrogens is 1. The summed E-state index contributed by atoms with van der Waals surface area (Å²) in [6.07, 6.45) is 0. The van der Waals surface area contributed by atoms with Crippen LogP contribution in [0.25, 0.3) is 0 Å². The monoisotopic (exact) mass is 276 g/mol. The van der Waals surface area contributed by atoms with E-state index >= 15 is 0 Å². The third-order valence-corrected chi connectivity index (χ3v) is 3.11. The van der Waals surface area contributed by atoms with Gasteiger partial charge in [-0.3, -0.25) is 4.79 Å². The summed E-state index contributed by atoms with van der Waals surface area (Å²) in [6.45, 7) is 0.827. The SMILES string of the molecule is CN(C)Cc1cccc(NC(=O)c2csc(N)n2)c1. The highest BCUT2D eigenvalue weighted by atomic mass is 32.1. The fraction of sp³-hybridized carbons (Fsp3) is 0.231. The lowest BCUT2D eigenvalue weighted by atomic mass is 10.2. The second kappa shape index (κ2) is 5.81. The third kappa shape index (κ3) is 3.77. The van der Waals surface area contributed by atoms with E-state index in [0.29, 0.717) is 10.8 Å². The number of amides is 1. The van der Waals surface area contributed by atoms with Crippen molar-refractivity contribution in [2.45, 2.75) is 6.54 Å². The molecule has 0 atom stereocenters. The number of nitrogens with zero attached hydrogens (tertiary/aromatic N) is 2. The predicted molar refractivity (Wildman–Crippen MR) is 78.3 cm³/mol. The minimum atomic E-state index is -0.241. The average molecular weight is 276 g/mol. The molecule has 0 saturated carbocycles. The van der Waals surface area contributed by atoms with Crippen LogP contribution in [0.3, 0.4) is 0 Å². The molecule has 0 unspecified atom stereocenters. The van der Waals surface area contributed by atoms with E-state index in [1.54, 1.807) is 5.38 Å². The highest BCUT2D eigenvalue weighted by molar-refractivity contribution is 7.13. The second-order valence-corrected chi connectivity index (χ2v) is 5.35.